The van der Waals surface area contributed by atoms with Crippen LogP contribution in [0.2, 0.25) is 0 Å². The number of nitriles is 1. The van der Waals surface area contributed by atoms with Gasteiger partial charge in [0.1, 0.15) is 28.9 Å². The number of fused-ring (bicyclic) bond motifs is 1. The topological polar surface area (TPSA) is 106 Å². The van der Waals surface area contributed by atoms with Gasteiger partial charge in [-0.2, -0.15) is 5.26 Å². The van der Waals surface area contributed by atoms with Crippen molar-refractivity contribution in [3.63, 3.8) is 0 Å². The van der Waals surface area contributed by atoms with Gasteiger partial charge < -0.3 is 19.3 Å². The number of nitrogens with zero attached hydrogens (tertiary/aromatic N) is 1. The first-order valence-electron chi connectivity index (χ1n) is 9.13. The monoisotopic (exact) mass is 395 g/mol. The average molecular weight is 395 g/mol. The Morgan fingerprint density at radius 3 is 2.48 bits per heavy atom. The van der Waals surface area contributed by atoms with Crippen molar-refractivity contribution in [1.29, 1.82) is 5.26 Å². The van der Waals surface area contributed by atoms with Crippen molar-refractivity contribution in [2.75, 3.05) is 6.61 Å². The van der Waals surface area contributed by atoms with E-state index in [2.05, 4.69) is 0 Å². The van der Waals surface area contributed by atoms with E-state index in [1.165, 1.54) is 12.1 Å². The van der Waals surface area contributed by atoms with Gasteiger partial charge in [0, 0.05) is 11.6 Å². The maximum Gasteiger partial charge on any atom is 0.338 e. The molecule has 0 aliphatic carbocycles. The zero-order valence-corrected chi connectivity index (χ0v) is 16.4. The summed E-state index contributed by atoms with van der Waals surface area (Å²) in [6.07, 6.45) is 0.347. The van der Waals surface area contributed by atoms with Gasteiger partial charge >= 0.3 is 11.9 Å². The number of aliphatic carboxylic acids is 1. The third-order valence-corrected chi connectivity index (χ3v) is 4.29. The number of carbonyl (C=O) groups excluding carboxylic acids is 1. The van der Waals surface area contributed by atoms with E-state index < -0.39 is 23.5 Å². The molecule has 1 unspecified atom stereocenters. The Balaban J connectivity index is 1.84. The third kappa shape index (κ3) is 4.66. The van der Waals surface area contributed by atoms with Crippen molar-refractivity contribution >= 4 is 11.9 Å². The van der Waals surface area contributed by atoms with Crippen LogP contribution < -0.4 is 9.47 Å². The smallest absolute Gasteiger partial charge is 0.338 e. The summed E-state index contributed by atoms with van der Waals surface area (Å²) in [5.74, 6) is -1.05. The maximum atomic E-state index is 12.1. The van der Waals surface area contributed by atoms with Crippen LogP contribution in [0.25, 0.3) is 0 Å². The summed E-state index contributed by atoms with van der Waals surface area (Å²) in [6.45, 7) is 5.65. The summed E-state index contributed by atoms with van der Waals surface area (Å²) in [6, 6.07) is 11.4. The molecule has 150 valence electrons. The fourth-order valence-corrected chi connectivity index (χ4v) is 2.97. The van der Waals surface area contributed by atoms with Crippen molar-refractivity contribution in [3.05, 3.63) is 53.1 Å². The summed E-state index contributed by atoms with van der Waals surface area (Å²) in [4.78, 5) is 23.6. The lowest BCUT2D eigenvalue weighted by atomic mass is 9.91. The highest BCUT2D eigenvalue weighted by Gasteiger charge is 2.29. The second kappa shape index (κ2) is 7.84. The summed E-state index contributed by atoms with van der Waals surface area (Å²) >= 11 is 0. The van der Waals surface area contributed by atoms with Crippen LogP contribution in [0, 0.1) is 11.3 Å². The normalized spacial score (nSPS) is 15.4. The number of ether oxygens (including phenoxy) is 3. The Hall–Kier alpha value is -3.53. The number of hydrogen-bond donors (Lipinski definition) is 1. The number of benzene rings is 2. The molecule has 0 spiro atoms. The molecule has 0 bridgehead atoms. The van der Waals surface area contributed by atoms with Crippen LogP contribution in [0.1, 0.15) is 54.6 Å². The number of carboxylic acids is 1. The summed E-state index contributed by atoms with van der Waals surface area (Å²) in [5.41, 5.74) is 0.459. The molecule has 0 amide bonds. The Bertz CT molecular complexity index is 982. The Labute approximate surface area is 168 Å². The summed E-state index contributed by atoms with van der Waals surface area (Å²) in [7, 11) is 0. The molecule has 0 saturated carbocycles. The predicted molar refractivity (Wildman–Crippen MR) is 103 cm³/mol. The standard InChI is InChI=1S/C22H21NO6/c1-22(2,3)29-21(26)13-4-6-15(7-5-13)28-18-11-19-17(10-14(18)12-23)16(20(24)25)8-9-27-19/h4-7,10-11,16H,8-9H2,1-3H3,(H,24,25). The van der Waals surface area contributed by atoms with Crippen LogP contribution in [-0.2, 0) is 9.53 Å². The molecule has 1 aliphatic heterocycles. The molecule has 1 heterocycles. The molecule has 1 aliphatic rings. The number of carboxylic acid groups (broad SMARTS) is 1. The minimum atomic E-state index is -0.954. The van der Waals surface area contributed by atoms with Gasteiger partial charge in [-0.1, -0.05) is 0 Å². The van der Waals surface area contributed by atoms with Crippen molar-refractivity contribution in [2.45, 2.75) is 38.7 Å². The van der Waals surface area contributed by atoms with Crippen molar-refractivity contribution in [2.24, 2.45) is 0 Å². The molecular weight excluding hydrogens is 374 g/mol. The lowest BCUT2D eigenvalue weighted by Gasteiger charge is -2.24. The number of carbonyl (C=O) groups is 2. The van der Waals surface area contributed by atoms with Crippen molar-refractivity contribution in [1.82, 2.24) is 0 Å². The fourth-order valence-electron chi connectivity index (χ4n) is 2.97. The molecule has 7 nitrogen and oxygen atoms in total. The van der Waals surface area contributed by atoms with E-state index in [4.69, 9.17) is 14.2 Å². The molecule has 2 aromatic carbocycles. The molecule has 0 radical (unpaired) electrons. The van der Waals surface area contributed by atoms with E-state index >= 15 is 0 Å². The minimum Gasteiger partial charge on any atom is -0.493 e. The minimum absolute atomic E-state index is 0.205. The van der Waals surface area contributed by atoms with E-state index in [1.807, 2.05) is 6.07 Å². The number of esters is 1. The van der Waals surface area contributed by atoms with Crippen LogP contribution in [0.4, 0.5) is 0 Å². The van der Waals surface area contributed by atoms with Crippen molar-refractivity contribution in [3.8, 4) is 23.3 Å². The Morgan fingerprint density at radius 1 is 1.21 bits per heavy atom. The second-order valence-electron chi connectivity index (χ2n) is 7.65. The van der Waals surface area contributed by atoms with Crippen LogP contribution in [-0.4, -0.2) is 29.3 Å². The predicted octanol–water partition coefficient (Wildman–Crippen LogP) is 4.26. The van der Waals surface area contributed by atoms with Gasteiger partial charge in [0.05, 0.1) is 23.7 Å². The average Bonchev–Trinajstić information content (AvgIpc) is 2.66. The van der Waals surface area contributed by atoms with Crippen molar-refractivity contribution < 1.29 is 28.9 Å². The Kier molecular flexibility index (Phi) is 5.46. The van der Waals surface area contributed by atoms with E-state index in [9.17, 15) is 20.0 Å². The van der Waals surface area contributed by atoms with Crippen LogP contribution >= 0.6 is 0 Å². The first-order valence-corrected chi connectivity index (χ1v) is 9.13. The lowest BCUT2D eigenvalue weighted by molar-refractivity contribution is -0.139. The fraction of sp³-hybridized carbons (Fsp3) is 0.318. The van der Waals surface area contributed by atoms with Crippen LogP contribution in [0.5, 0.6) is 17.2 Å². The quantitative estimate of drug-likeness (QED) is 0.771. The zero-order chi connectivity index (χ0) is 21.2. The van der Waals surface area contributed by atoms with Gasteiger partial charge in [-0.05, 0) is 57.5 Å². The first kappa shape index (κ1) is 20.2. The largest absolute Gasteiger partial charge is 0.493 e. The van der Waals surface area contributed by atoms with Gasteiger partial charge in [-0.3, -0.25) is 4.79 Å². The molecule has 3 rings (SSSR count). The molecule has 2 aromatic rings. The summed E-state index contributed by atoms with van der Waals surface area (Å²) in [5, 5.41) is 18.9. The molecular formula is C22H21NO6. The van der Waals surface area contributed by atoms with Crippen LogP contribution in [0.15, 0.2) is 36.4 Å². The highest BCUT2D eigenvalue weighted by atomic mass is 16.6. The molecule has 1 N–H and O–H groups in total. The maximum absolute atomic E-state index is 12.1. The highest BCUT2D eigenvalue weighted by molar-refractivity contribution is 5.89. The number of hydrogen-bond acceptors (Lipinski definition) is 6. The number of rotatable bonds is 4. The van der Waals surface area contributed by atoms with Gasteiger partial charge in [-0.15, -0.1) is 0 Å². The van der Waals surface area contributed by atoms with E-state index in [0.717, 1.165) is 0 Å². The SMILES string of the molecule is CC(C)(C)OC(=O)c1ccc(Oc2cc3c(cc2C#N)C(C(=O)O)CCO3)cc1. The Morgan fingerprint density at radius 2 is 1.90 bits per heavy atom. The second-order valence-corrected chi connectivity index (χ2v) is 7.65. The molecule has 0 saturated heterocycles. The van der Waals surface area contributed by atoms with E-state index in [-0.39, 0.29) is 17.9 Å². The molecule has 0 aromatic heterocycles. The molecule has 7 heteroatoms. The van der Waals surface area contributed by atoms with E-state index in [1.54, 1.807) is 45.0 Å². The van der Waals surface area contributed by atoms with Crippen LogP contribution in [0.3, 0.4) is 0 Å². The highest BCUT2D eigenvalue weighted by Crippen LogP contribution is 2.39. The van der Waals surface area contributed by atoms with Gasteiger partial charge in [0.25, 0.3) is 0 Å². The van der Waals surface area contributed by atoms with Gasteiger partial charge in [-0.25, -0.2) is 4.79 Å². The van der Waals surface area contributed by atoms with E-state index in [0.29, 0.717) is 29.0 Å². The molecule has 1 atom stereocenters. The molecule has 0 fully saturated rings. The first-order chi connectivity index (χ1) is 13.7. The van der Waals surface area contributed by atoms with Gasteiger partial charge in [0.2, 0.25) is 0 Å². The lowest BCUT2D eigenvalue weighted by Crippen LogP contribution is -2.23. The summed E-state index contributed by atoms with van der Waals surface area (Å²) < 4.78 is 16.7. The molecule has 29 heavy (non-hydrogen) atoms. The third-order valence-electron chi connectivity index (χ3n) is 4.29. The van der Waals surface area contributed by atoms with Gasteiger partial charge in [0.15, 0.2) is 0 Å². The zero-order valence-electron chi connectivity index (χ0n) is 16.4.